The Labute approximate surface area is 97.4 Å². The first kappa shape index (κ1) is 13.9. The summed E-state index contributed by atoms with van der Waals surface area (Å²) < 4.78 is 37.0. The van der Waals surface area contributed by atoms with Crippen molar-refractivity contribution in [1.29, 1.82) is 0 Å². The lowest BCUT2D eigenvalue weighted by Crippen LogP contribution is -2.14. The van der Waals surface area contributed by atoms with E-state index in [0.717, 1.165) is 0 Å². The highest BCUT2D eigenvalue weighted by Crippen LogP contribution is 2.34. The normalized spacial score (nSPS) is 13.1. The highest BCUT2D eigenvalue weighted by molar-refractivity contribution is 5.76. The van der Waals surface area contributed by atoms with Gasteiger partial charge in [-0.1, -0.05) is 0 Å². The molecule has 6 nitrogen and oxygen atoms in total. The summed E-state index contributed by atoms with van der Waals surface area (Å²) in [4.78, 5) is 19.8. The summed E-state index contributed by atoms with van der Waals surface area (Å²) in [5.41, 5.74) is -3.10. The highest BCUT2D eigenvalue weighted by Gasteiger charge is 2.34. The number of carboxylic acid groups (broad SMARTS) is 1. The second-order valence-corrected chi connectivity index (χ2v) is 3.27. The maximum atomic E-state index is 12.3. The van der Waals surface area contributed by atoms with Gasteiger partial charge in [0.2, 0.25) is 0 Å². The zero-order chi connectivity index (χ0) is 14.1. The van der Waals surface area contributed by atoms with Crippen molar-refractivity contribution in [3.63, 3.8) is 0 Å². The minimum absolute atomic E-state index is 0.182. The monoisotopic (exact) mass is 265 g/mol. The van der Waals surface area contributed by atoms with E-state index in [9.17, 15) is 28.1 Å². The summed E-state index contributed by atoms with van der Waals surface area (Å²) >= 11 is 0. The van der Waals surface area contributed by atoms with Gasteiger partial charge < -0.3 is 10.2 Å². The number of benzene rings is 1. The fourth-order valence-electron chi connectivity index (χ4n) is 1.24. The van der Waals surface area contributed by atoms with Crippen molar-refractivity contribution >= 4 is 11.7 Å². The number of nitrogens with zero attached hydrogens (tertiary/aromatic N) is 1. The summed E-state index contributed by atoms with van der Waals surface area (Å²) in [7, 11) is 0. The van der Waals surface area contributed by atoms with Gasteiger partial charge in [0.1, 0.15) is 0 Å². The van der Waals surface area contributed by atoms with E-state index in [4.69, 9.17) is 10.2 Å². The van der Waals surface area contributed by atoms with Crippen LogP contribution in [0.15, 0.2) is 18.2 Å². The van der Waals surface area contributed by atoms with E-state index in [1.54, 1.807) is 0 Å². The van der Waals surface area contributed by atoms with Crippen LogP contribution in [0.1, 0.15) is 17.2 Å². The molecule has 9 heteroatoms. The van der Waals surface area contributed by atoms with E-state index in [-0.39, 0.29) is 6.07 Å². The first-order valence-electron chi connectivity index (χ1n) is 4.41. The fraction of sp³-hybridized carbons (Fsp3) is 0.222. The lowest BCUT2D eigenvalue weighted by atomic mass is 10.0. The van der Waals surface area contributed by atoms with Crippen molar-refractivity contribution in [2.45, 2.75) is 12.3 Å². The van der Waals surface area contributed by atoms with Crippen molar-refractivity contribution in [2.24, 2.45) is 0 Å². The Kier molecular flexibility index (Phi) is 3.56. The van der Waals surface area contributed by atoms with Crippen LogP contribution in [0.4, 0.5) is 18.9 Å². The van der Waals surface area contributed by atoms with E-state index in [1.165, 1.54) is 0 Å². The third-order valence-electron chi connectivity index (χ3n) is 2.08. The van der Waals surface area contributed by atoms with E-state index in [0.29, 0.717) is 12.1 Å². The van der Waals surface area contributed by atoms with Gasteiger partial charge in [-0.05, 0) is 12.1 Å². The molecule has 0 radical (unpaired) electrons. The molecular weight excluding hydrogens is 259 g/mol. The fourth-order valence-corrected chi connectivity index (χ4v) is 1.24. The Morgan fingerprint density at radius 3 is 2.33 bits per heavy atom. The summed E-state index contributed by atoms with van der Waals surface area (Å²) in [6.45, 7) is 0. The molecule has 1 atom stereocenters. The van der Waals surface area contributed by atoms with Crippen LogP contribution in [-0.2, 0) is 11.0 Å². The molecule has 0 heterocycles. The highest BCUT2D eigenvalue weighted by atomic mass is 19.4. The van der Waals surface area contributed by atoms with Gasteiger partial charge in [-0.25, -0.2) is 4.79 Å². The Hall–Kier alpha value is -2.16. The molecular formula is C9H6F3NO5. The number of carbonyl (C=O) groups is 1. The number of aliphatic hydroxyl groups is 1. The van der Waals surface area contributed by atoms with Crippen LogP contribution in [0.2, 0.25) is 0 Å². The topological polar surface area (TPSA) is 101 Å². The molecule has 0 saturated carbocycles. The number of halogens is 3. The Balaban J connectivity index is 3.39. The second-order valence-electron chi connectivity index (χ2n) is 3.27. The molecule has 1 aromatic carbocycles. The van der Waals surface area contributed by atoms with Crippen LogP contribution >= 0.6 is 0 Å². The van der Waals surface area contributed by atoms with Gasteiger partial charge in [0.05, 0.1) is 16.1 Å². The van der Waals surface area contributed by atoms with Gasteiger partial charge in [0.25, 0.3) is 5.69 Å². The maximum Gasteiger partial charge on any atom is 0.416 e. The molecule has 1 unspecified atom stereocenters. The van der Waals surface area contributed by atoms with E-state index < -0.39 is 40.0 Å². The van der Waals surface area contributed by atoms with Crippen LogP contribution < -0.4 is 0 Å². The van der Waals surface area contributed by atoms with Crippen LogP contribution in [0.5, 0.6) is 0 Å². The number of aliphatic hydroxyl groups excluding tert-OH is 1. The summed E-state index contributed by atoms with van der Waals surface area (Å²) in [5, 5.41) is 28.2. The van der Waals surface area contributed by atoms with Crippen molar-refractivity contribution in [3.8, 4) is 0 Å². The molecule has 0 aliphatic heterocycles. The van der Waals surface area contributed by atoms with Crippen molar-refractivity contribution in [3.05, 3.63) is 39.4 Å². The molecule has 0 saturated heterocycles. The molecule has 0 aliphatic rings. The number of nitro benzene ring substituents is 1. The predicted octanol–water partition coefficient (Wildman–Crippen LogP) is 1.73. The van der Waals surface area contributed by atoms with Crippen LogP contribution in [0.3, 0.4) is 0 Å². The first-order chi connectivity index (χ1) is 8.14. The van der Waals surface area contributed by atoms with Crippen molar-refractivity contribution < 1.29 is 33.1 Å². The standard InChI is InChI=1S/C9H6F3NO5/c10-9(11,12)4-1-2-5(7(14)8(15)16)6(3-4)13(17)18/h1-3,7,14H,(H,15,16). The third kappa shape index (κ3) is 2.74. The summed E-state index contributed by atoms with van der Waals surface area (Å²) in [6.07, 6.45) is -7.05. The molecule has 18 heavy (non-hydrogen) atoms. The van der Waals surface area contributed by atoms with Crippen LogP contribution in [-0.4, -0.2) is 21.1 Å². The quantitative estimate of drug-likeness (QED) is 0.640. The third-order valence-corrected chi connectivity index (χ3v) is 2.08. The summed E-state index contributed by atoms with van der Waals surface area (Å²) in [6, 6.07) is 1.22. The van der Waals surface area contributed by atoms with Gasteiger partial charge in [-0.3, -0.25) is 10.1 Å². The molecule has 1 rings (SSSR count). The number of alkyl halides is 3. The zero-order valence-electron chi connectivity index (χ0n) is 8.51. The molecule has 0 fully saturated rings. The molecule has 0 bridgehead atoms. The maximum absolute atomic E-state index is 12.3. The Morgan fingerprint density at radius 1 is 1.39 bits per heavy atom. The Morgan fingerprint density at radius 2 is 1.94 bits per heavy atom. The number of carboxylic acids is 1. The molecule has 0 spiro atoms. The largest absolute Gasteiger partial charge is 0.479 e. The first-order valence-corrected chi connectivity index (χ1v) is 4.41. The van der Waals surface area contributed by atoms with Crippen molar-refractivity contribution in [1.82, 2.24) is 0 Å². The second kappa shape index (κ2) is 4.61. The smallest absolute Gasteiger partial charge is 0.416 e. The average molecular weight is 265 g/mol. The molecule has 1 aromatic rings. The number of nitro groups is 1. The van der Waals surface area contributed by atoms with Gasteiger partial charge in [0.15, 0.2) is 6.10 Å². The molecule has 0 aromatic heterocycles. The van der Waals surface area contributed by atoms with Crippen LogP contribution in [0.25, 0.3) is 0 Å². The number of rotatable bonds is 3. The average Bonchev–Trinajstić information content (AvgIpc) is 2.25. The molecule has 2 N–H and O–H groups in total. The van der Waals surface area contributed by atoms with Gasteiger partial charge >= 0.3 is 12.1 Å². The molecule has 98 valence electrons. The van der Waals surface area contributed by atoms with E-state index >= 15 is 0 Å². The minimum Gasteiger partial charge on any atom is -0.479 e. The van der Waals surface area contributed by atoms with Crippen molar-refractivity contribution in [2.75, 3.05) is 0 Å². The van der Waals surface area contributed by atoms with Crippen LogP contribution in [0, 0.1) is 10.1 Å². The number of hydrogen-bond acceptors (Lipinski definition) is 4. The zero-order valence-corrected chi connectivity index (χ0v) is 8.51. The minimum atomic E-state index is -4.79. The SMILES string of the molecule is O=C(O)C(O)c1ccc(C(F)(F)F)cc1[N+](=O)[O-]. The molecule has 0 aliphatic carbocycles. The van der Waals surface area contributed by atoms with E-state index in [1.807, 2.05) is 0 Å². The van der Waals surface area contributed by atoms with E-state index in [2.05, 4.69) is 0 Å². The lowest BCUT2D eigenvalue weighted by molar-refractivity contribution is -0.386. The summed E-state index contributed by atoms with van der Waals surface area (Å²) in [5.74, 6) is -1.79. The Bertz CT molecular complexity index is 499. The van der Waals surface area contributed by atoms with Gasteiger partial charge in [0, 0.05) is 6.07 Å². The van der Waals surface area contributed by atoms with Gasteiger partial charge in [-0.2, -0.15) is 13.2 Å². The predicted molar refractivity (Wildman–Crippen MR) is 50.7 cm³/mol. The molecule has 0 amide bonds. The number of aliphatic carboxylic acids is 1. The lowest BCUT2D eigenvalue weighted by Gasteiger charge is -2.10. The van der Waals surface area contributed by atoms with Gasteiger partial charge in [-0.15, -0.1) is 0 Å². The number of hydrogen-bond donors (Lipinski definition) is 2.